The fraction of sp³-hybridized carbons (Fsp3) is 0.250. The van der Waals surface area contributed by atoms with Gasteiger partial charge in [-0.15, -0.1) is 26.3 Å². The summed E-state index contributed by atoms with van der Waals surface area (Å²) >= 11 is 0. The smallest absolute Gasteiger partial charge is 0.508 e. The van der Waals surface area contributed by atoms with Crippen LogP contribution in [-0.4, -0.2) is 17.8 Å². The van der Waals surface area contributed by atoms with Crippen molar-refractivity contribution in [1.82, 2.24) is 0 Å². The van der Waals surface area contributed by atoms with Crippen LogP contribution in [0.5, 0.6) is 17.2 Å². The van der Waals surface area contributed by atoms with Gasteiger partial charge in [-0.2, -0.15) is 0 Å². The van der Waals surface area contributed by atoms with E-state index in [1.165, 1.54) is 0 Å². The average Bonchev–Trinajstić information content (AvgIpc) is 2.05. The van der Waals surface area contributed by atoms with Crippen molar-refractivity contribution >= 4 is 0 Å². The van der Waals surface area contributed by atoms with Crippen LogP contribution in [-0.2, 0) is 0 Å². The lowest BCUT2D eigenvalue weighted by atomic mass is 10.3. The zero-order valence-electron chi connectivity index (χ0n) is 7.76. The van der Waals surface area contributed by atoms with Gasteiger partial charge in [0.25, 0.3) is 0 Å². The Morgan fingerprint density at radius 1 is 0.824 bits per heavy atom. The van der Waals surface area contributed by atoms with Gasteiger partial charge in [0.05, 0.1) is 0 Å². The lowest BCUT2D eigenvalue weighted by Gasteiger charge is -2.15. The van der Waals surface area contributed by atoms with Crippen molar-refractivity contribution in [2.24, 2.45) is 0 Å². The van der Waals surface area contributed by atoms with Crippen LogP contribution in [0.15, 0.2) is 18.2 Å². The van der Waals surface area contributed by atoms with Crippen LogP contribution >= 0.6 is 0 Å². The second-order valence-electron chi connectivity index (χ2n) is 2.73. The SMILES string of the molecule is Oc1ccc(OC(F)(F)F)c(OC(F)(F)F)c1. The molecule has 0 aliphatic rings. The van der Waals surface area contributed by atoms with Gasteiger partial charge in [-0.25, -0.2) is 0 Å². The molecule has 1 aromatic carbocycles. The normalized spacial score (nSPS) is 12.4. The van der Waals surface area contributed by atoms with Crippen LogP contribution in [0.3, 0.4) is 0 Å². The lowest BCUT2D eigenvalue weighted by molar-refractivity contribution is -0.287. The molecule has 0 radical (unpaired) electrons. The second kappa shape index (κ2) is 4.22. The van der Waals surface area contributed by atoms with E-state index in [1.807, 2.05) is 0 Å². The first kappa shape index (κ1) is 13.3. The van der Waals surface area contributed by atoms with Crippen LogP contribution in [0.1, 0.15) is 0 Å². The van der Waals surface area contributed by atoms with Gasteiger partial charge >= 0.3 is 12.7 Å². The maximum atomic E-state index is 11.8. The summed E-state index contributed by atoms with van der Waals surface area (Å²) in [7, 11) is 0. The summed E-state index contributed by atoms with van der Waals surface area (Å²) in [5, 5.41) is 8.85. The predicted molar refractivity (Wildman–Crippen MR) is 41.5 cm³/mol. The highest BCUT2D eigenvalue weighted by Gasteiger charge is 2.36. The number of ether oxygens (including phenoxy) is 2. The molecule has 96 valence electrons. The topological polar surface area (TPSA) is 38.7 Å². The van der Waals surface area contributed by atoms with Crippen molar-refractivity contribution in [3.05, 3.63) is 18.2 Å². The molecule has 0 unspecified atom stereocenters. The minimum Gasteiger partial charge on any atom is -0.508 e. The molecule has 0 saturated heterocycles. The van der Waals surface area contributed by atoms with Crippen molar-refractivity contribution in [1.29, 1.82) is 0 Å². The van der Waals surface area contributed by atoms with E-state index >= 15 is 0 Å². The highest BCUT2D eigenvalue weighted by atomic mass is 19.4. The van der Waals surface area contributed by atoms with E-state index in [-0.39, 0.29) is 0 Å². The van der Waals surface area contributed by atoms with Crippen LogP contribution in [0.4, 0.5) is 26.3 Å². The minimum atomic E-state index is -5.20. The van der Waals surface area contributed by atoms with E-state index in [2.05, 4.69) is 9.47 Å². The van der Waals surface area contributed by atoms with Crippen LogP contribution in [0.2, 0.25) is 0 Å². The largest absolute Gasteiger partial charge is 0.573 e. The van der Waals surface area contributed by atoms with Crippen molar-refractivity contribution < 1.29 is 40.9 Å². The highest BCUT2D eigenvalue weighted by molar-refractivity contribution is 5.45. The number of alkyl halides is 6. The van der Waals surface area contributed by atoms with Gasteiger partial charge in [0.2, 0.25) is 0 Å². The third-order valence-electron chi connectivity index (χ3n) is 1.38. The Balaban J connectivity index is 3.04. The second-order valence-corrected chi connectivity index (χ2v) is 2.73. The molecule has 0 aromatic heterocycles. The Kier molecular flexibility index (Phi) is 3.30. The maximum Gasteiger partial charge on any atom is 0.573 e. The van der Waals surface area contributed by atoms with Crippen LogP contribution < -0.4 is 9.47 Å². The molecule has 1 N–H and O–H groups in total. The number of benzene rings is 1. The van der Waals surface area contributed by atoms with Crippen LogP contribution in [0, 0.1) is 0 Å². The van der Waals surface area contributed by atoms with Gasteiger partial charge in [-0.3, -0.25) is 0 Å². The number of aromatic hydroxyl groups is 1. The highest BCUT2D eigenvalue weighted by Crippen LogP contribution is 2.37. The molecule has 1 rings (SSSR count). The predicted octanol–water partition coefficient (Wildman–Crippen LogP) is 3.19. The van der Waals surface area contributed by atoms with Gasteiger partial charge in [0.1, 0.15) is 5.75 Å². The minimum absolute atomic E-state index is 0.356. The van der Waals surface area contributed by atoms with Gasteiger partial charge < -0.3 is 14.6 Å². The number of hydrogen-bond acceptors (Lipinski definition) is 3. The van der Waals surface area contributed by atoms with E-state index in [1.54, 1.807) is 0 Å². The summed E-state index contributed by atoms with van der Waals surface area (Å²) < 4.78 is 77.6. The monoisotopic (exact) mass is 262 g/mol. The first-order valence-electron chi connectivity index (χ1n) is 3.91. The molecule has 17 heavy (non-hydrogen) atoms. The summed E-state index contributed by atoms with van der Waals surface area (Å²) in [6.45, 7) is 0. The number of hydrogen-bond donors (Lipinski definition) is 1. The Bertz CT molecular complexity index is 397. The molecule has 0 heterocycles. The molecule has 0 aliphatic heterocycles. The lowest BCUT2D eigenvalue weighted by Crippen LogP contribution is -2.21. The number of phenolic OH excluding ortho intramolecular Hbond substituents is 1. The molecular weight excluding hydrogens is 258 g/mol. The molecule has 0 fully saturated rings. The first-order valence-corrected chi connectivity index (χ1v) is 3.91. The van der Waals surface area contributed by atoms with Gasteiger partial charge in [0, 0.05) is 6.07 Å². The van der Waals surface area contributed by atoms with E-state index in [0.717, 1.165) is 6.07 Å². The molecule has 0 bridgehead atoms. The maximum absolute atomic E-state index is 11.8. The van der Waals surface area contributed by atoms with Gasteiger partial charge in [0.15, 0.2) is 11.5 Å². The molecule has 0 aliphatic carbocycles. The molecular formula is C8H4F6O3. The summed E-state index contributed by atoms with van der Waals surface area (Å²) in [6, 6.07) is 1.59. The van der Waals surface area contributed by atoms with Crippen molar-refractivity contribution in [3.8, 4) is 17.2 Å². The number of rotatable bonds is 2. The zero-order valence-corrected chi connectivity index (χ0v) is 7.76. The fourth-order valence-electron chi connectivity index (χ4n) is 0.910. The summed E-state index contributed by atoms with van der Waals surface area (Å²) in [6.07, 6.45) is -10.4. The average molecular weight is 262 g/mol. The quantitative estimate of drug-likeness (QED) is 0.832. The standard InChI is InChI=1S/C8H4F6O3/c9-7(10,11)16-5-2-1-4(15)3-6(5)17-8(12,13)14/h1-3,15H. The number of halogens is 6. The Hall–Kier alpha value is -1.80. The summed E-state index contributed by atoms with van der Waals surface area (Å²) in [4.78, 5) is 0. The van der Waals surface area contributed by atoms with Crippen molar-refractivity contribution in [3.63, 3.8) is 0 Å². The van der Waals surface area contributed by atoms with Gasteiger partial charge in [-0.1, -0.05) is 0 Å². The van der Waals surface area contributed by atoms with Crippen molar-refractivity contribution in [2.75, 3.05) is 0 Å². The van der Waals surface area contributed by atoms with E-state index in [9.17, 15) is 26.3 Å². The molecule has 0 spiro atoms. The molecule has 0 atom stereocenters. The van der Waals surface area contributed by atoms with Crippen molar-refractivity contribution in [2.45, 2.75) is 12.7 Å². The summed E-state index contributed by atoms with van der Waals surface area (Å²) in [5.74, 6) is -3.18. The molecule has 9 heteroatoms. The van der Waals surface area contributed by atoms with E-state index < -0.39 is 30.0 Å². The molecule has 1 aromatic rings. The number of phenols is 1. The van der Waals surface area contributed by atoms with E-state index in [4.69, 9.17) is 5.11 Å². The Morgan fingerprint density at radius 2 is 1.29 bits per heavy atom. The fourth-order valence-corrected chi connectivity index (χ4v) is 0.910. The zero-order chi connectivity index (χ0) is 13.3. The Morgan fingerprint density at radius 3 is 1.76 bits per heavy atom. The van der Waals surface area contributed by atoms with E-state index in [0.29, 0.717) is 12.1 Å². The third kappa shape index (κ3) is 4.70. The van der Waals surface area contributed by atoms with Gasteiger partial charge in [-0.05, 0) is 12.1 Å². The molecule has 0 saturated carbocycles. The summed E-state index contributed by atoms with van der Waals surface area (Å²) in [5.41, 5.74) is 0. The Labute approximate surface area is 90.2 Å². The van der Waals surface area contributed by atoms with Crippen LogP contribution in [0.25, 0.3) is 0 Å². The first-order chi connectivity index (χ1) is 7.57. The molecule has 0 amide bonds. The third-order valence-corrected chi connectivity index (χ3v) is 1.38. The molecule has 3 nitrogen and oxygen atoms in total.